The summed E-state index contributed by atoms with van der Waals surface area (Å²) >= 11 is 0. The Morgan fingerprint density at radius 2 is 1.79 bits per heavy atom. The van der Waals surface area contributed by atoms with E-state index in [0.29, 0.717) is 0 Å². The molecule has 0 N–H and O–H groups in total. The van der Waals surface area contributed by atoms with Crippen LogP contribution in [0.1, 0.15) is 31.4 Å². The van der Waals surface area contributed by atoms with Crippen molar-refractivity contribution in [2.24, 2.45) is 5.92 Å². The van der Waals surface area contributed by atoms with Gasteiger partial charge in [0, 0.05) is 31.8 Å². The second-order valence-corrected chi connectivity index (χ2v) is 4.04. The average molecular weight is 350 g/mol. The Morgan fingerprint density at radius 1 is 1.07 bits per heavy atom. The molecule has 0 saturated carbocycles. The van der Waals surface area contributed by atoms with Crippen molar-refractivity contribution in [1.82, 2.24) is 0 Å². The third-order valence-electron chi connectivity index (χ3n) is 2.40. The van der Waals surface area contributed by atoms with Gasteiger partial charge < -0.3 is 0 Å². The number of rotatable bonds is 2. The molecule has 71 valence electrons. The molecule has 1 radical (unpaired) electrons. The molecule has 0 bridgehead atoms. The van der Waals surface area contributed by atoms with E-state index in [-0.39, 0.29) is 25.8 Å². The first kappa shape index (κ1) is 11.9. The Bertz CT molecular complexity index is 326. The summed E-state index contributed by atoms with van der Waals surface area (Å²) in [5, 5.41) is 0. The van der Waals surface area contributed by atoms with Crippen LogP contribution < -0.4 is 0 Å². The second-order valence-electron chi connectivity index (χ2n) is 4.04. The fourth-order valence-corrected chi connectivity index (χ4v) is 1.83. The molecular formula is C13H15Hf. The first-order valence-electron chi connectivity index (χ1n) is 4.90. The zero-order valence-corrected chi connectivity index (χ0v) is 12.3. The second kappa shape index (κ2) is 5.06. The minimum atomic E-state index is 0. The van der Waals surface area contributed by atoms with Crippen molar-refractivity contribution in [2.75, 3.05) is 0 Å². The number of benzene rings is 1. The van der Waals surface area contributed by atoms with Gasteiger partial charge in [-0.25, -0.2) is 0 Å². The summed E-state index contributed by atoms with van der Waals surface area (Å²) in [5.74, 6) is 2.23. The van der Waals surface area contributed by atoms with Crippen LogP contribution in [0.2, 0.25) is 0 Å². The van der Waals surface area contributed by atoms with E-state index in [1.54, 1.807) is 0 Å². The maximum atomic E-state index is 2.27. The maximum Gasteiger partial charge on any atom is 0.0275 e. The van der Waals surface area contributed by atoms with Crippen molar-refractivity contribution in [3.8, 4) is 0 Å². The van der Waals surface area contributed by atoms with Crippen molar-refractivity contribution >= 4 is 6.08 Å². The Balaban J connectivity index is 0.000000980. The van der Waals surface area contributed by atoms with E-state index in [1.165, 1.54) is 23.5 Å². The molecule has 0 spiro atoms. The molecule has 1 aromatic rings. The molecule has 0 atom stereocenters. The summed E-state index contributed by atoms with van der Waals surface area (Å²) in [4.78, 5) is 0. The van der Waals surface area contributed by atoms with Crippen molar-refractivity contribution in [1.29, 1.82) is 0 Å². The number of hydrogen-bond acceptors (Lipinski definition) is 0. The van der Waals surface area contributed by atoms with Gasteiger partial charge in [0.05, 0.1) is 0 Å². The normalized spacial score (nSPS) is 14.2. The van der Waals surface area contributed by atoms with Crippen LogP contribution in [0.5, 0.6) is 0 Å². The van der Waals surface area contributed by atoms with Crippen LogP contribution in [0.15, 0.2) is 30.3 Å². The quantitative estimate of drug-likeness (QED) is 0.715. The zero-order chi connectivity index (χ0) is 9.26. The summed E-state index contributed by atoms with van der Waals surface area (Å²) in [6.45, 7) is 4.53. The molecule has 0 saturated heterocycles. The van der Waals surface area contributed by atoms with Gasteiger partial charge in [0.15, 0.2) is 0 Å². The minimum Gasteiger partial charge on any atom is -0.0721 e. The summed E-state index contributed by atoms with van der Waals surface area (Å²) in [5.41, 5.74) is 2.80. The van der Waals surface area contributed by atoms with Gasteiger partial charge in [0.2, 0.25) is 0 Å². The summed E-state index contributed by atoms with van der Waals surface area (Å²) in [6, 6.07) is 8.61. The molecule has 0 aliphatic heterocycles. The first-order chi connectivity index (χ1) is 6.27. The van der Waals surface area contributed by atoms with Gasteiger partial charge in [-0.1, -0.05) is 50.3 Å². The maximum absolute atomic E-state index is 2.27. The first-order valence-corrected chi connectivity index (χ1v) is 4.90. The zero-order valence-electron chi connectivity index (χ0n) is 8.75. The van der Waals surface area contributed by atoms with E-state index in [9.17, 15) is 0 Å². The molecule has 1 heteroatoms. The predicted octanol–water partition coefficient (Wildman–Crippen LogP) is 3.68. The number of hydrogen-bond donors (Lipinski definition) is 0. The Hall–Kier alpha value is -0.170. The summed E-state index contributed by atoms with van der Waals surface area (Å²) < 4.78 is 0. The van der Waals surface area contributed by atoms with Gasteiger partial charge in [-0.05, 0) is 23.5 Å². The van der Waals surface area contributed by atoms with E-state index in [2.05, 4.69) is 50.3 Å². The van der Waals surface area contributed by atoms with Crippen molar-refractivity contribution in [2.45, 2.75) is 20.3 Å². The third kappa shape index (κ3) is 2.44. The fraction of sp³-hybridized carbons (Fsp3) is 0.308. The van der Waals surface area contributed by atoms with Crippen molar-refractivity contribution < 1.29 is 25.8 Å². The Labute approximate surface area is 105 Å². The van der Waals surface area contributed by atoms with Gasteiger partial charge in [-0.2, -0.15) is 0 Å². The molecule has 0 fully saturated rings. The molecule has 1 aromatic carbocycles. The third-order valence-corrected chi connectivity index (χ3v) is 2.40. The van der Waals surface area contributed by atoms with Gasteiger partial charge >= 0.3 is 0 Å². The van der Waals surface area contributed by atoms with Gasteiger partial charge in [0.25, 0.3) is 0 Å². The van der Waals surface area contributed by atoms with Gasteiger partial charge in [-0.3, -0.25) is 0 Å². The molecule has 14 heavy (non-hydrogen) atoms. The standard InChI is InChI=1S/C13H15.Hf/c1-10(2)9-12-8-7-11-5-3-4-6-13(11)12;/h3-8,10H,9H2,1-2H3;. The van der Waals surface area contributed by atoms with Crippen LogP contribution in [0.3, 0.4) is 0 Å². The molecule has 1 aliphatic carbocycles. The molecule has 2 rings (SSSR count). The smallest absolute Gasteiger partial charge is 0.0275 e. The fourth-order valence-electron chi connectivity index (χ4n) is 1.83. The molecule has 0 unspecified atom stereocenters. The summed E-state index contributed by atoms with van der Waals surface area (Å²) in [6.07, 6.45) is 5.66. The molecule has 1 aliphatic rings. The van der Waals surface area contributed by atoms with Crippen LogP contribution in [0.25, 0.3) is 6.08 Å². The Kier molecular flexibility index (Phi) is 4.31. The largest absolute Gasteiger partial charge is 0.0721 e. The van der Waals surface area contributed by atoms with E-state index in [1.807, 2.05) is 0 Å². The Morgan fingerprint density at radius 3 is 2.50 bits per heavy atom. The molecule has 0 aromatic heterocycles. The summed E-state index contributed by atoms with van der Waals surface area (Å²) in [7, 11) is 0. The monoisotopic (exact) mass is 351 g/mol. The molecule has 0 heterocycles. The van der Waals surface area contributed by atoms with Crippen molar-refractivity contribution in [3.05, 3.63) is 47.4 Å². The predicted molar refractivity (Wildman–Crippen MR) is 57.3 cm³/mol. The van der Waals surface area contributed by atoms with Crippen LogP contribution in [-0.4, -0.2) is 0 Å². The van der Waals surface area contributed by atoms with E-state index in [0.717, 1.165) is 5.92 Å². The molecular weight excluding hydrogens is 335 g/mol. The topological polar surface area (TPSA) is 0 Å². The average Bonchev–Trinajstić information content (AvgIpc) is 2.48. The number of allylic oxidation sites excluding steroid dienone is 1. The van der Waals surface area contributed by atoms with Crippen LogP contribution in [-0.2, 0) is 25.8 Å². The van der Waals surface area contributed by atoms with Crippen LogP contribution in [0.4, 0.5) is 0 Å². The van der Waals surface area contributed by atoms with Gasteiger partial charge in [-0.15, -0.1) is 0 Å². The number of fused-ring (bicyclic) bond motifs is 1. The minimum absolute atomic E-state index is 0. The van der Waals surface area contributed by atoms with E-state index < -0.39 is 0 Å². The molecule has 0 nitrogen and oxygen atoms in total. The SMILES string of the molecule is CC(C)C[C]1C=Cc2ccccc21.[Hf]. The van der Waals surface area contributed by atoms with Gasteiger partial charge in [0.1, 0.15) is 0 Å². The van der Waals surface area contributed by atoms with E-state index in [4.69, 9.17) is 0 Å². The molecule has 0 amide bonds. The van der Waals surface area contributed by atoms with Crippen LogP contribution in [0, 0.1) is 11.8 Å². The van der Waals surface area contributed by atoms with Crippen LogP contribution >= 0.6 is 0 Å². The van der Waals surface area contributed by atoms with Crippen molar-refractivity contribution in [3.63, 3.8) is 0 Å². The van der Waals surface area contributed by atoms with E-state index >= 15 is 0 Å².